The monoisotopic (exact) mass is 353 g/mol. The predicted octanol–water partition coefficient (Wildman–Crippen LogP) is 4.74. The highest BCUT2D eigenvalue weighted by atomic mass is 79.9. The lowest BCUT2D eigenvalue weighted by Crippen LogP contribution is -2.19. The minimum atomic E-state index is -0.265. The third-order valence-corrected chi connectivity index (χ3v) is 5.41. The number of anilines is 1. The third kappa shape index (κ3) is 2.93. The lowest BCUT2D eigenvalue weighted by atomic mass is 9.81. The van der Waals surface area contributed by atoms with Crippen molar-refractivity contribution in [3.8, 4) is 0 Å². The summed E-state index contributed by atoms with van der Waals surface area (Å²) in [5, 5.41) is 0. The molecule has 5 heteroatoms. The zero-order valence-corrected chi connectivity index (χ0v) is 13.9. The Bertz CT molecular complexity index is 644. The van der Waals surface area contributed by atoms with Crippen molar-refractivity contribution in [2.24, 2.45) is 11.8 Å². The van der Waals surface area contributed by atoms with Crippen LogP contribution in [0.25, 0.3) is 11.0 Å². The molecule has 0 unspecified atom stereocenters. The van der Waals surface area contributed by atoms with Crippen LogP contribution in [-0.4, -0.2) is 9.55 Å². The van der Waals surface area contributed by atoms with Crippen LogP contribution in [0.5, 0.6) is 0 Å². The van der Waals surface area contributed by atoms with Crippen molar-refractivity contribution in [1.82, 2.24) is 9.55 Å². The Morgan fingerprint density at radius 2 is 1.95 bits per heavy atom. The first-order valence-corrected chi connectivity index (χ1v) is 8.48. The zero-order valence-electron chi connectivity index (χ0n) is 12.3. The van der Waals surface area contributed by atoms with Gasteiger partial charge in [-0.2, -0.15) is 0 Å². The van der Waals surface area contributed by atoms with Crippen LogP contribution >= 0.6 is 15.9 Å². The van der Waals surface area contributed by atoms with Gasteiger partial charge in [-0.3, -0.25) is 0 Å². The van der Waals surface area contributed by atoms with E-state index in [1.54, 1.807) is 6.07 Å². The highest BCUT2D eigenvalue weighted by molar-refractivity contribution is 9.10. The van der Waals surface area contributed by atoms with E-state index in [4.69, 9.17) is 5.73 Å². The molecule has 0 aliphatic heterocycles. The van der Waals surface area contributed by atoms with Crippen LogP contribution in [0.15, 0.2) is 16.6 Å². The van der Waals surface area contributed by atoms with E-state index in [-0.39, 0.29) is 5.82 Å². The second kappa shape index (κ2) is 5.95. The van der Waals surface area contributed by atoms with E-state index in [0.29, 0.717) is 16.3 Å². The number of hydrogen-bond donors (Lipinski definition) is 1. The second-order valence-corrected chi connectivity index (χ2v) is 6.98. The van der Waals surface area contributed by atoms with Gasteiger partial charge in [0.2, 0.25) is 5.95 Å². The minimum absolute atomic E-state index is 0.265. The summed E-state index contributed by atoms with van der Waals surface area (Å²) in [6.07, 6.45) is 6.34. The SMILES string of the molecule is CCC1CCC(Cn2c(N)nc3cc(Br)c(F)cc32)CC1. The molecule has 2 N–H and O–H groups in total. The quantitative estimate of drug-likeness (QED) is 0.866. The van der Waals surface area contributed by atoms with Crippen LogP contribution in [0, 0.1) is 17.7 Å². The Morgan fingerprint density at radius 1 is 1.29 bits per heavy atom. The molecule has 1 aromatic heterocycles. The van der Waals surface area contributed by atoms with Gasteiger partial charge in [0, 0.05) is 12.6 Å². The average Bonchev–Trinajstić information content (AvgIpc) is 2.76. The largest absolute Gasteiger partial charge is 0.369 e. The maximum atomic E-state index is 13.8. The van der Waals surface area contributed by atoms with Crippen molar-refractivity contribution in [1.29, 1.82) is 0 Å². The molecule has 0 bridgehead atoms. The van der Waals surface area contributed by atoms with Crippen LogP contribution in [0.4, 0.5) is 10.3 Å². The van der Waals surface area contributed by atoms with Gasteiger partial charge in [0.1, 0.15) is 5.82 Å². The summed E-state index contributed by atoms with van der Waals surface area (Å²) in [4.78, 5) is 4.36. The standard InChI is InChI=1S/C16H21BrFN3/c1-2-10-3-5-11(6-4-10)9-21-15-8-13(18)12(17)7-14(15)20-16(21)19/h7-8,10-11H,2-6,9H2,1H3,(H2,19,20). The van der Waals surface area contributed by atoms with Gasteiger partial charge in [-0.15, -0.1) is 0 Å². The lowest BCUT2D eigenvalue weighted by molar-refractivity contribution is 0.250. The van der Waals surface area contributed by atoms with Crippen molar-refractivity contribution in [3.63, 3.8) is 0 Å². The van der Waals surface area contributed by atoms with Crippen LogP contribution in [0.1, 0.15) is 39.0 Å². The molecular formula is C16H21BrFN3. The molecule has 0 radical (unpaired) electrons. The van der Waals surface area contributed by atoms with Crippen LogP contribution in [-0.2, 0) is 6.54 Å². The summed E-state index contributed by atoms with van der Waals surface area (Å²) < 4.78 is 16.2. The molecule has 1 aliphatic rings. The van der Waals surface area contributed by atoms with Gasteiger partial charge in [-0.1, -0.05) is 26.2 Å². The molecule has 114 valence electrons. The van der Waals surface area contributed by atoms with Gasteiger partial charge in [0.15, 0.2) is 0 Å². The summed E-state index contributed by atoms with van der Waals surface area (Å²) in [5.41, 5.74) is 7.59. The second-order valence-electron chi connectivity index (χ2n) is 6.13. The Labute approximate surface area is 132 Å². The van der Waals surface area contributed by atoms with Crippen molar-refractivity contribution in [2.45, 2.75) is 45.6 Å². The summed E-state index contributed by atoms with van der Waals surface area (Å²) >= 11 is 3.20. The minimum Gasteiger partial charge on any atom is -0.369 e. The maximum Gasteiger partial charge on any atom is 0.201 e. The fourth-order valence-corrected chi connectivity index (χ4v) is 3.74. The van der Waals surface area contributed by atoms with E-state index in [0.717, 1.165) is 23.5 Å². The summed E-state index contributed by atoms with van der Waals surface area (Å²) in [7, 11) is 0. The molecule has 1 saturated carbocycles. The number of nitrogens with zero attached hydrogens (tertiary/aromatic N) is 2. The molecule has 0 saturated heterocycles. The molecule has 3 rings (SSSR count). The average molecular weight is 354 g/mol. The van der Waals surface area contributed by atoms with Crippen molar-refractivity contribution >= 4 is 32.9 Å². The molecule has 0 spiro atoms. The van der Waals surface area contributed by atoms with Crippen LogP contribution < -0.4 is 5.73 Å². The Balaban J connectivity index is 1.84. The number of fused-ring (bicyclic) bond motifs is 1. The van der Waals surface area contributed by atoms with E-state index >= 15 is 0 Å². The van der Waals surface area contributed by atoms with Crippen LogP contribution in [0.2, 0.25) is 0 Å². The molecular weight excluding hydrogens is 333 g/mol. The van der Waals surface area contributed by atoms with Gasteiger partial charge in [-0.05, 0) is 46.7 Å². The van der Waals surface area contributed by atoms with Crippen molar-refractivity contribution in [2.75, 3.05) is 5.73 Å². The normalized spacial score (nSPS) is 22.8. The summed E-state index contributed by atoms with van der Waals surface area (Å²) in [6, 6.07) is 3.23. The highest BCUT2D eigenvalue weighted by Gasteiger charge is 2.22. The zero-order chi connectivity index (χ0) is 15.0. The smallest absolute Gasteiger partial charge is 0.201 e. The maximum absolute atomic E-state index is 13.8. The number of imidazole rings is 1. The lowest BCUT2D eigenvalue weighted by Gasteiger charge is -2.28. The van der Waals surface area contributed by atoms with Gasteiger partial charge in [0.05, 0.1) is 15.5 Å². The molecule has 1 aliphatic carbocycles. The van der Waals surface area contributed by atoms with E-state index in [9.17, 15) is 4.39 Å². The summed E-state index contributed by atoms with van der Waals surface area (Å²) in [6.45, 7) is 3.12. The van der Waals surface area contributed by atoms with E-state index in [2.05, 4.69) is 27.8 Å². The van der Waals surface area contributed by atoms with Crippen molar-refractivity contribution < 1.29 is 4.39 Å². The topological polar surface area (TPSA) is 43.8 Å². The van der Waals surface area contributed by atoms with Crippen LogP contribution in [0.3, 0.4) is 0 Å². The molecule has 0 amide bonds. The number of halogens is 2. The van der Waals surface area contributed by atoms with Gasteiger partial charge in [-0.25, -0.2) is 9.37 Å². The molecule has 1 heterocycles. The van der Waals surface area contributed by atoms with E-state index in [1.165, 1.54) is 38.2 Å². The van der Waals surface area contributed by atoms with Gasteiger partial charge < -0.3 is 10.3 Å². The van der Waals surface area contributed by atoms with Crippen molar-refractivity contribution in [3.05, 3.63) is 22.4 Å². The molecule has 0 atom stereocenters. The Morgan fingerprint density at radius 3 is 2.62 bits per heavy atom. The summed E-state index contributed by atoms with van der Waals surface area (Å²) in [5.74, 6) is 1.73. The predicted molar refractivity (Wildman–Crippen MR) is 87.5 cm³/mol. The third-order valence-electron chi connectivity index (χ3n) is 4.80. The fourth-order valence-electron chi connectivity index (χ4n) is 3.41. The molecule has 1 aromatic carbocycles. The number of aromatic nitrogens is 2. The molecule has 1 fully saturated rings. The number of nitrogen functional groups attached to an aromatic ring is 1. The van der Waals surface area contributed by atoms with Gasteiger partial charge in [0.25, 0.3) is 0 Å². The number of hydrogen-bond acceptors (Lipinski definition) is 2. The van der Waals surface area contributed by atoms with E-state index in [1.807, 2.05) is 4.57 Å². The first-order chi connectivity index (χ1) is 10.1. The van der Waals surface area contributed by atoms with Gasteiger partial charge >= 0.3 is 0 Å². The number of rotatable bonds is 3. The fraction of sp³-hybridized carbons (Fsp3) is 0.562. The Hall–Kier alpha value is -1.10. The number of nitrogens with two attached hydrogens (primary N) is 1. The first kappa shape index (κ1) is 14.8. The molecule has 21 heavy (non-hydrogen) atoms. The molecule has 3 nitrogen and oxygen atoms in total. The Kier molecular flexibility index (Phi) is 4.20. The molecule has 2 aromatic rings. The highest BCUT2D eigenvalue weighted by Crippen LogP contribution is 2.33. The first-order valence-electron chi connectivity index (χ1n) is 7.69. The van der Waals surface area contributed by atoms with E-state index < -0.39 is 0 Å². The number of benzene rings is 1.